The van der Waals surface area contributed by atoms with E-state index in [4.69, 9.17) is 0 Å². The highest BCUT2D eigenvalue weighted by Gasteiger charge is 2.23. The third-order valence-corrected chi connectivity index (χ3v) is 5.43. The molecule has 114 valence electrons. The molecular formula is C16H28BrN3. The maximum Gasteiger partial charge on any atom is 0.0766 e. The summed E-state index contributed by atoms with van der Waals surface area (Å²) in [6.07, 6.45) is 8.93. The predicted molar refractivity (Wildman–Crippen MR) is 88.0 cm³/mol. The van der Waals surface area contributed by atoms with Crippen LogP contribution in [0, 0.1) is 5.92 Å². The number of nitrogens with one attached hydrogen (secondary N) is 1. The molecule has 1 aliphatic rings. The zero-order valence-electron chi connectivity index (χ0n) is 13.1. The van der Waals surface area contributed by atoms with E-state index < -0.39 is 0 Å². The molecule has 1 N–H and O–H groups in total. The van der Waals surface area contributed by atoms with Gasteiger partial charge in [-0.2, -0.15) is 5.10 Å². The van der Waals surface area contributed by atoms with E-state index in [2.05, 4.69) is 51.9 Å². The predicted octanol–water partition coefficient (Wildman–Crippen LogP) is 3.85. The van der Waals surface area contributed by atoms with Crippen LogP contribution in [0.25, 0.3) is 0 Å². The van der Waals surface area contributed by atoms with Crippen LogP contribution in [-0.2, 0) is 19.9 Å². The first-order valence-electron chi connectivity index (χ1n) is 8.09. The van der Waals surface area contributed by atoms with Gasteiger partial charge in [0.15, 0.2) is 0 Å². The highest BCUT2D eigenvalue weighted by Crippen LogP contribution is 2.30. The molecule has 1 fully saturated rings. The summed E-state index contributed by atoms with van der Waals surface area (Å²) in [6.45, 7) is 5.47. The Balaban J connectivity index is 2.06. The molecule has 2 atom stereocenters. The van der Waals surface area contributed by atoms with Crippen molar-refractivity contribution < 1.29 is 0 Å². The van der Waals surface area contributed by atoms with Gasteiger partial charge in [-0.05, 0) is 54.1 Å². The maximum absolute atomic E-state index is 4.63. The Morgan fingerprint density at radius 1 is 1.30 bits per heavy atom. The van der Waals surface area contributed by atoms with Gasteiger partial charge in [-0.15, -0.1) is 0 Å². The molecule has 0 saturated heterocycles. The summed E-state index contributed by atoms with van der Waals surface area (Å²) in [5, 5.41) is 8.28. The number of aryl methyl sites for hydroxylation is 2. The van der Waals surface area contributed by atoms with Gasteiger partial charge in [0.05, 0.1) is 15.9 Å². The van der Waals surface area contributed by atoms with Crippen LogP contribution >= 0.6 is 15.9 Å². The van der Waals surface area contributed by atoms with Crippen molar-refractivity contribution in [1.82, 2.24) is 15.1 Å². The molecule has 1 aliphatic carbocycles. The quantitative estimate of drug-likeness (QED) is 0.824. The number of hydrogen-bond acceptors (Lipinski definition) is 2. The average molecular weight is 342 g/mol. The van der Waals surface area contributed by atoms with Crippen LogP contribution in [-0.4, -0.2) is 22.4 Å². The first-order chi connectivity index (χ1) is 9.65. The molecule has 1 saturated carbocycles. The van der Waals surface area contributed by atoms with E-state index in [1.54, 1.807) is 0 Å². The van der Waals surface area contributed by atoms with Gasteiger partial charge in [-0.25, -0.2) is 0 Å². The second kappa shape index (κ2) is 7.60. The Morgan fingerprint density at radius 3 is 2.70 bits per heavy atom. The second-order valence-electron chi connectivity index (χ2n) is 6.03. The minimum Gasteiger partial charge on any atom is -0.314 e. The fraction of sp³-hybridized carbons (Fsp3) is 0.812. The first kappa shape index (κ1) is 16.0. The molecule has 0 aromatic carbocycles. The Hall–Kier alpha value is -0.350. The molecule has 20 heavy (non-hydrogen) atoms. The van der Waals surface area contributed by atoms with Crippen LogP contribution in [0.3, 0.4) is 0 Å². The van der Waals surface area contributed by atoms with Gasteiger partial charge in [0.25, 0.3) is 0 Å². The molecule has 1 aromatic heterocycles. The standard InChI is InChI=1S/C16H28BrN3/c1-4-14-16(17)15(20(3)19-14)11-12-8-6-7-9-13(10-12)18-5-2/h12-13,18H,4-11H2,1-3H3. The molecular weight excluding hydrogens is 314 g/mol. The molecule has 2 rings (SSSR count). The highest BCUT2D eigenvalue weighted by molar-refractivity contribution is 9.10. The van der Waals surface area contributed by atoms with Gasteiger partial charge < -0.3 is 5.32 Å². The number of nitrogens with zero attached hydrogens (tertiary/aromatic N) is 2. The molecule has 0 aliphatic heterocycles. The van der Waals surface area contributed by atoms with Crippen LogP contribution in [0.4, 0.5) is 0 Å². The molecule has 0 spiro atoms. The zero-order chi connectivity index (χ0) is 14.5. The average Bonchev–Trinajstić information content (AvgIpc) is 2.61. The van der Waals surface area contributed by atoms with E-state index in [1.165, 1.54) is 48.0 Å². The van der Waals surface area contributed by atoms with Crippen molar-refractivity contribution in [2.45, 2.75) is 64.8 Å². The molecule has 3 nitrogen and oxygen atoms in total. The molecule has 4 heteroatoms. The van der Waals surface area contributed by atoms with Crippen LogP contribution in [0.15, 0.2) is 4.47 Å². The normalized spacial score (nSPS) is 23.8. The molecule has 1 heterocycles. The lowest BCUT2D eigenvalue weighted by atomic mass is 9.93. The van der Waals surface area contributed by atoms with Crippen molar-refractivity contribution in [1.29, 1.82) is 0 Å². The summed E-state index contributed by atoms with van der Waals surface area (Å²) < 4.78 is 3.32. The minimum atomic E-state index is 0.713. The third-order valence-electron chi connectivity index (χ3n) is 4.51. The lowest BCUT2D eigenvalue weighted by Gasteiger charge is -2.21. The zero-order valence-corrected chi connectivity index (χ0v) is 14.7. The van der Waals surface area contributed by atoms with Crippen molar-refractivity contribution in [3.8, 4) is 0 Å². The van der Waals surface area contributed by atoms with Gasteiger partial charge in [0, 0.05) is 13.1 Å². The maximum atomic E-state index is 4.63. The SMILES string of the molecule is CCNC1CCCCC(Cc2c(Br)c(CC)nn2C)C1. The molecule has 0 bridgehead atoms. The number of aromatic nitrogens is 2. The highest BCUT2D eigenvalue weighted by atomic mass is 79.9. The fourth-order valence-corrected chi connectivity index (χ4v) is 4.21. The van der Waals surface area contributed by atoms with Gasteiger partial charge in [0.1, 0.15) is 0 Å². The van der Waals surface area contributed by atoms with E-state index in [1.807, 2.05) is 0 Å². The lowest BCUT2D eigenvalue weighted by Crippen LogP contribution is -2.30. The third kappa shape index (κ3) is 3.85. The summed E-state index contributed by atoms with van der Waals surface area (Å²) >= 11 is 3.76. The van der Waals surface area contributed by atoms with Gasteiger partial charge in [-0.1, -0.05) is 33.1 Å². The van der Waals surface area contributed by atoms with Crippen LogP contribution in [0.2, 0.25) is 0 Å². The van der Waals surface area contributed by atoms with E-state index >= 15 is 0 Å². The van der Waals surface area contributed by atoms with Crippen molar-refractivity contribution in [2.75, 3.05) is 6.54 Å². The Morgan fingerprint density at radius 2 is 2.05 bits per heavy atom. The van der Waals surface area contributed by atoms with E-state index in [-0.39, 0.29) is 0 Å². The molecule has 0 amide bonds. The number of hydrogen-bond donors (Lipinski definition) is 1. The first-order valence-corrected chi connectivity index (χ1v) is 8.88. The summed E-state index contributed by atoms with van der Waals surface area (Å²) in [6, 6.07) is 0.713. The summed E-state index contributed by atoms with van der Waals surface area (Å²) in [5.74, 6) is 0.790. The Kier molecular flexibility index (Phi) is 6.09. The monoisotopic (exact) mass is 341 g/mol. The van der Waals surface area contributed by atoms with Crippen LogP contribution in [0.1, 0.15) is 57.3 Å². The van der Waals surface area contributed by atoms with Gasteiger partial charge >= 0.3 is 0 Å². The Labute approximate surface area is 131 Å². The summed E-state index contributed by atoms with van der Waals surface area (Å²) in [5.41, 5.74) is 2.57. The minimum absolute atomic E-state index is 0.713. The topological polar surface area (TPSA) is 29.9 Å². The van der Waals surface area contributed by atoms with Crippen molar-refractivity contribution in [3.05, 3.63) is 15.9 Å². The van der Waals surface area contributed by atoms with Crippen molar-refractivity contribution >= 4 is 15.9 Å². The second-order valence-corrected chi connectivity index (χ2v) is 6.82. The molecule has 0 radical (unpaired) electrons. The molecule has 2 unspecified atom stereocenters. The van der Waals surface area contributed by atoms with Gasteiger partial charge in [-0.3, -0.25) is 4.68 Å². The largest absolute Gasteiger partial charge is 0.314 e. The van der Waals surface area contributed by atoms with Crippen LogP contribution < -0.4 is 5.32 Å². The van der Waals surface area contributed by atoms with E-state index in [0.29, 0.717) is 6.04 Å². The van der Waals surface area contributed by atoms with Crippen LogP contribution in [0.5, 0.6) is 0 Å². The lowest BCUT2D eigenvalue weighted by molar-refractivity contribution is 0.382. The summed E-state index contributed by atoms with van der Waals surface area (Å²) in [7, 11) is 2.08. The Bertz CT molecular complexity index is 428. The smallest absolute Gasteiger partial charge is 0.0766 e. The summed E-state index contributed by atoms with van der Waals surface area (Å²) in [4.78, 5) is 0. The van der Waals surface area contributed by atoms with Crippen molar-refractivity contribution in [3.63, 3.8) is 0 Å². The van der Waals surface area contributed by atoms with E-state index in [0.717, 1.165) is 25.3 Å². The van der Waals surface area contributed by atoms with Gasteiger partial charge in [0.2, 0.25) is 0 Å². The van der Waals surface area contributed by atoms with Crippen molar-refractivity contribution in [2.24, 2.45) is 13.0 Å². The number of halogens is 1. The number of rotatable bonds is 5. The fourth-order valence-electron chi connectivity index (χ4n) is 3.44. The van der Waals surface area contributed by atoms with E-state index in [9.17, 15) is 0 Å². The molecule has 1 aromatic rings.